The highest BCUT2D eigenvalue weighted by Crippen LogP contribution is 2.26. The molecule has 4 N–H and O–H groups in total. The number of nitrogens with two attached hydrogens (primary N) is 1. The summed E-state index contributed by atoms with van der Waals surface area (Å²) in [5.41, 5.74) is 5.72. The molecule has 1 rings (SSSR count). The van der Waals surface area contributed by atoms with Crippen molar-refractivity contribution in [2.45, 2.75) is 39.7 Å². The fraction of sp³-hybridized carbons (Fsp3) is 0.562. The van der Waals surface area contributed by atoms with Crippen LogP contribution in [0.4, 0.5) is 5.69 Å². The second-order valence-electron chi connectivity index (χ2n) is 5.93. The van der Waals surface area contributed by atoms with E-state index in [9.17, 15) is 9.90 Å². The molecule has 21 heavy (non-hydrogen) atoms. The van der Waals surface area contributed by atoms with Gasteiger partial charge in [-0.15, -0.1) is 0 Å². The van der Waals surface area contributed by atoms with Gasteiger partial charge in [-0.25, -0.2) is 0 Å². The fourth-order valence-electron chi connectivity index (χ4n) is 2.36. The predicted molar refractivity (Wildman–Crippen MR) is 84.4 cm³/mol. The number of hydrogen-bond donors (Lipinski definition) is 3. The molecule has 5 heteroatoms. The minimum absolute atomic E-state index is 0.185. The van der Waals surface area contributed by atoms with Crippen molar-refractivity contribution in [2.24, 2.45) is 5.92 Å². The number of aliphatic hydroxyl groups is 1. The van der Waals surface area contributed by atoms with Gasteiger partial charge in [0.2, 0.25) is 0 Å². The number of carbonyl (C=O) groups is 1. The number of para-hydroxylation sites is 1. The number of nitrogens with one attached hydrogen (secondary N) is 1. The van der Waals surface area contributed by atoms with Gasteiger partial charge in [-0.2, -0.15) is 0 Å². The summed E-state index contributed by atoms with van der Waals surface area (Å²) in [4.78, 5) is 12.3. The molecule has 0 aliphatic heterocycles. The van der Waals surface area contributed by atoms with E-state index in [1.807, 2.05) is 20.8 Å². The smallest absolute Gasteiger partial charge is 0.255 e. The van der Waals surface area contributed by atoms with Gasteiger partial charge in [0.05, 0.1) is 23.5 Å². The third-order valence-corrected chi connectivity index (χ3v) is 3.06. The van der Waals surface area contributed by atoms with Crippen molar-refractivity contribution in [1.29, 1.82) is 0 Å². The topological polar surface area (TPSA) is 84.6 Å². The molecule has 0 aromatic heterocycles. The van der Waals surface area contributed by atoms with Crippen LogP contribution in [0.5, 0.6) is 5.75 Å². The first-order valence-electron chi connectivity index (χ1n) is 7.28. The lowest BCUT2D eigenvalue weighted by Crippen LogP contribution is -2.41. The van der Waals surface area contributed by atoms with Gasteiger partial charge in [0.15, 0.2) is 5.75 Å². The lowest BCUT2D eigenvalue weighted by Gasteiger charge is -2.25. The molecule has 0 bridgehead atoms. The maximum atomic E-state index is 12.3. The summed E-state index contributed by atoms with van der Waals surface area (Å²) in [5, 5.41) is 13.0. The molecular formula is C16H26N2O3. The molecular weight excluding hydrogens is 268 g/mol. The van der Waals surface area contributed by atoms with Crippen LogP contribution in [0, 0.1) is 5.92 Å². The quantitative estimate of drug-likeness (QED) is 0.673. The normalized spacial score (nSPS) is 13.8. The summed E-state index contributed by atoms with van der Waals surface area (Å²) in [7, 11) is 0. The van der Waals surface area contributed by atoms with Crippen LogP contribution >= 0.6 is 0 Å². The van der Waals surface area contributed by atoms with E-state index in [0.29, 0.717) is 35.9 Å². The Bertz CT molecular complexity index is 484. The van der Waals surface area contributed by atoms with E-state index >= 15 is 0 Å². The lowest BCUT2D eigenvalue weighted by molar-refractivity contribution is 0.0368. The highest BCUT2D eigenvalue weighted by Gasteiger charge is 2.24. The molecule has 0 fully saturated rings. The van der Waals surface area contributed by atoms with Crippen LogP contribution < -0.4 is 15.8 Å². The summed E-state index contributed by atoms with van der Waals surface area (Å²) in [6.07, 6.45) is 0.614. The number of ether oxygens (including phenoxy) is 1. The first-order chi connectivity index (χ1) is 9.76. The van der Waals surface area contributed by atoms with E-state index in [-0.39, 0.29) is 12.5 Å². The maximum absolute atomic E-state index is 12.3. The van der Waals surface area contributed by atoms with Crippen molar-refractivity contribution in [3.05, 3.63) is 23.8 Å². The highest BCUT2D eigenvalue weighted by molar-refractivity contribution is 5.98. The third-order valence-electron chi connectivity index (χ3n) is 3.06. The van der Waals surface area contributed by atoms with Gasteiger partial charge >= 0.3 is 0 Å². The summed E-state index contributed by atoms with van der Waals surface area (Å²) in [5.74, 6) is 0.444. The molecule has 1 unspecified atom stereocenters. The highest BCUT2D eigenvalue weighted by atomic mass is 16.5. The van der Waals surface area contributed by atoms with Crippen LogP contribution in [0.15, 0.2) is 18.2 Å². The monoisotopic (exact) mass is 294 g/mol. The zero-order chi connectivity index (χ0) is 16.0. The van der Waals surface area contributed by atoms with Crippen molar-refractivity contribution in [3.8, 4) is 5.75 Å². The van der Waals surface area contributed by atoms with Crippen molar-refractivity contribution in [3.63, 3.8) is 0 Å². The zero-order valence-corrected chi connectivity index (χ0v) is 13.3. The van der Waals surface area contributed by atoms with E-state index in [4.69, 9.17) is 10.5 Å². The van der Waals surface area contributed by atoms with E-state index in [1.165, 1.54) is 0 Å². The molecule has 0 spiro atoms. The summed E-state index contributed by atoms with van der Waals surface area (Å²) in [6.45, 7) is 8.23. The van der Waals surface area contributed by atoms with Crippen molar-refractivity contribution < 1.29 is 14.6 Å². The molecule has 1 aromatic rings. The van der Waals surface area contributed by atoms with Crippen LogP contribution in [-0.4, -0.2) is 29.8 Å². The summed E-state index contributed by atoms with van der Waals surface area (Å²) >= 11 is 0. The van der Waals surface area contributed by atoms with E-state index in [0.717, 1.165) is 0 Å². The van der Waals surface area contributed by atoms with Crippen molar-refractivity contribution in [1.82, 2.24) is 5.32 Å². The van der Waals surface area contributed by atoms with Gasteiger partial charge in [-0.3, -0.25) is 4.79 Å². The molecule has 0 saturated carbocycles. The lowest BCUT2D eigenvalue weighted by atomic mass is 9.94. The van der Waals surface area contributed by atoms with Crippen LogP contribution in [0.3, 0.4) is 0 Å². The predicted octanol–water partition coefficient (Wildman–Crippen LogP) is 2.19. The minimum Gasteiger partial charge on any atom is -0.491 e. The largest absolute Gasteiger partial charge is 0.491 e. The Kier molecular flexibility index (Phi) is 6.03. The van der Waals surface area contributed by atoms with Gasteiger partial charge in [0.25, 0.3) is 5.91 Å². The molecule has 0 heterocycles. The fourth-order valence-corrected chi connectivity index (χ4v) is 2.36. The molecule has 5 nitrogen and oxygen atoms in total. The van der Waals surface area contributed by atoms with E-state index in [2.05, 4.69) is 5.32 Å². The number of benzene rings is 1. The minimum atomic E-state index is -0.935. The molecule has 1 atom stereocenters. The Hall–Kier alpha value is -1.75. The van der Waals surface area contributed by atoms with Crippen LogP contribution in [0.1, 0.15) is 44.5 Å². The second kappa shape index (κ2) is 7.31. The van der Waals surface area contributed by atoms with Gasteiger partial charge < -0.3 is 20.9 Å². The molecule has 1 aromatic carbocycles. The standard InChI is InChI=1S/C16H26N2O3/c1-5-21-14-12(7-6-8-13(14)17)15(19)18-10-16(4,20)9-11(2)3/h6-8,11,20H,5,9-10,17H2,1-4H3,(H,18,19). The summed E-state index contributed by atoms with van der Waals surface area (Å²) in [6, 6.07) is 5.06. The Morgan fingerprint density at radius 1 is 1.48 bits per heavy atom. The Morgan fingerprint density at radius 2 is 2.14 bits per heavy atom. The molecule has 0 radical (unpaired) electrons. The Labute approximate surface area is 126 Å². The molecule has 0 saturated heterocycles. The zero-order valence-electron chi connectivity index (χ0n) is 13.3. The molecule has 118 valence electrons. The summed E-state index contributed by atoms with van der Waals surface area (Å²) < 4.78 is 5.44. The average molecular weight is 294 g/mol. The van der Waals surface area contributed by atoms with Gasteiger partial charge in [-0.1, -0.05) is 19.9 Å². The van der Waals surface area contributed by atoms with E-state index < -0.39 is 5.60 Å². The maximum Gasteiger partial charge on any atom is 0.255 e. The second-order valence-corrected chi connectivity index (χ2v) is 5.93. The number of hydrogen-bond acceptors (Lipinski definition) is 4. The first-order valence-corrected chi connectivity index (χ1v) is 7.28. The Morgan fingerprint density at radius 3 is 2.71 bits per heavy atom. The SMILES string of the molecule is CCOc1c(N)cccc1C(=O)NCC(C)(O)CC(C)C. The van der Waals surface area contributed by atoms with Gasteiger partial charge in [0.1, 0.15) is 0 Å². The van der Waals surface area contributed by atoms with Crippen LogP contribution in [-0.2, 0) is 0 Å². The van der Waals surface area contributed by atoms with E-state index in [1.54, 1.807) is 25.1 Å². The van der Waals surface area contributed by atoms with Gasteiger partial charge in [0, 0.05) is 6.54 Å². The molecule has 1 amide bonds. The third kappa shape index (κ3) is 5.27. The van der Waals surface area contributed by atoms with Crippen molar-refractivity contribution in [2.75, 3.05) is 18.9 Å². The number of nitrogen functional groups attached to an aromatic ring is 1. The van der Waals surface area contributed by atoms with Crippen LogP contribution in [0.25, 0.3) is 0 Å². The van der Waals surface area contributed by atoms with Gasteiger partial charge in [-0.05, 0) is 38.3 Å². The molecule has 0 aliphatic carbocycles. The molecule has 0 aliphatic rings. The Balaban J connectivity index is 2.79. The number of anilines is 1. The van der Waals surface area contributed by atoms with Crippen molar-refractivity contribution >= 4 is 11.6 Å². The average Bonchev–Trinajstić information content (AvgIpc) is 2.37. The number of rotatable bonds is 7. The first kappa shape index (κ1) is 17.3. The number of carbonyl (C=O) groups excluding carboxylic acids is 1. The number of amides is 1. The van der Waals surface area contributed by atoms with Crippen LogP contribution in [0.2, 0.25) is 0 Å².